The van der Waals surface area contributed by atoms with E-state index in [4.69, 9.17) is 0 Å². The van der Waals surface area contributed by atoms with Gasteiger partial charge in [0.05, 0.1) is 5.69 Å². The van der Waals surface area contributed by atoms with Crippen LogP contribution in [0.25, 0.3) is 5.69 Å². The molecule has 5 heteroatoms. The van der Waals surface area contributed by atoms with Gasteiger partial charge >= 0.3 is 0 Å². The summed E-state index contributed by atoms with van der Waals surface area (Å²) < 4.78 is 1.66. The van der Waals surface area contributed by atoms with Gasteiger partial charge in [-0.3, -0.25) is 4.79 Å². The van der Waals surface area contributed by atoms with Crippen molar-refractivity contribution in [2.75, 3.05) is 5.32 Å². The molecule has 0 aliphatic carbocycles. The van der Waals surface area contributed by atoms with Crippen LogP contribution in [-0.4, -0.2) is 20.7 Å². The zero-order valence-electron chi connectivity index (χ0n) is 9.63. The smallest absolute Gasteiger partial charge is 0.224 e. The zero-order valence-corrected chi connectivity index (χ0v) is 9.63. The summed E-state index contributed by atoms with van der Waals surface area (Å²) in [6.07, 6.45) is 4.51. The lowest BCUT2D eigenvalue weighted by molar-refractivity contribution is -0.116. The number of benzene rings is 1. The number of carbonyl (C=O) groups excluding carboxylic acids is 1. The lowest BCUT2D eigenvalue weighted by Crippen LogP contribution is -2.10. The molecule has 0 fully saturated rings. The number of nitrogens with one attached hydrogen (secondary N) is 1. The van der Waals surface area contributed by atoms with Crippen LogP contribution in [0.3, 0.4) is 0 Å². The minimum atomic E-state index is 0.0426. The van der Waals surface area contributed by atoms with E-state index in [0.29, 0.717) is 6.42 Å². The zero-order chi connectivity index (χ0) is 12.1. The molecule has 17 heavy (non-hydrogen) atoms. The molecule has 0 saturated heterocycles. The maximum Gasteiger partial charge on any atom is 0.224 e. The monoisotopic (exact) mass is 230 g/mol. The Labute approximate surface area is 99.5 Å². The third-order valence-corrected chi connectivity index (χ3v) is 2.31. The SMILES string of the molecule is CCCC(=O)Nc1ccc(-n2cncn2)cc1. The summed E-state index contributed by atoms with van der Waals surface area (Å²) in [5.74, 6) is 0.0426. The largest absolute Gasteiger partial charge is 0.326 e. The second kappa shape index (κ2) is 5.25. The molecular formula is C12H14N4O. The maximum absolute atomic E-state index is 11.4. The Kier molecular flexibility index (Phi) is 3.49. The van der Waals surface area contributed by atoms with E-state index in [1.807, 2.05) is 31.2 Å². The van der Waals surface area contributed by atoms with Crippen molar-refractivity contribution in [1.82, 2.24) is 14.8 Å². The van der Waals surface area contributed by atoms with Crippen molar-refractivity contribution in [2.45, 2.75) is 19.8 Å². The second-order valence-electron chi connectivity index (χ2n) is 3.69. The van der Waals surface area contributed by atoms with Crippen LogP contribution in [0.15, 0.2) is 36.9 Å². The highest BCUT2D eigenvalue weighted by Gasteiger charge is 2.01. The lowest BCUT2D eigenvalue weighted by atomic mass is 10.2. The van der Waals surface area contributed by atoms with Crippen molar-refractivity contribution >= 4 is 11.6 Å². The van der Waals surface area contributed by atoms with Crippen LogP contribution < -0.4 is 5.32 Å². The van der Waals surface area contributed by atoms with E-state index in [2.05, 4.69) is 15.4 Å². The first-order valence-corrected chi connectivity index (χ1v) is 5.54. The van der Waals surface area contributed by atoms with Crippen molar-refractivity contribution in [3.63, 3.8) is 0 Å². The highest BCUT2D eigenvalue weighted by atomic mass is 16.1. The fourth-order valence-electron chi connectivity index (χ4n) is 1.49. The number of nitrogens with zero attached hydrogens (tertiary/aromatic N) is 3. The van der Waals surface area contributed by atoms with E-state index in [9.17, 15) is 4.79 Å². The molecule has 1 amide bonds. The Hall–Kier alpha value is -2.17. The summed E-state index contributed by atoms with van der Waals surface area (Å²) in [4.78, 5) is 15.3. The Morgan fingerprint density at radius 1 is 1.35 bits per heavy atom. The van der Waals surface area contributed by atoms with Crippen LogP contribution in [0.4, 0.5) is 5.69 Å². The number of carbonyl (C=O) groups is 1. The molecule has 2 aromatic rings. The van der Waals surface area contributed by atoms with E-state index < -0.39 is 0 Å². The number of hydrogen-bond acceptors (Lipinski definition) is 3. The van der Waals surface area contributed by atoms with Gasteiger partial charge in [-0.05, 0) is 30.7 Å². The molecule has 2 rings (SSSR count). The topological polar surface area (TPSA) is 59.8 Å². The highest BCUT2D eigenvalue weighted by Crippen LogP contribution is 2.12. The summed E-state index contributed by atoms with van der Waals surface area (Å²) in [6.45, 7) is 1.98. The quantitative estimate of drug-likeness (QED) is 0.874. The van der Waals surface area contributed by atoms with Gasteiger partial charge in [0, 0.05) is 12.1 Å². The van der Waals surface area contributed by atoms with Crippen LogP contribution in [0, 0.1) is 0 Å². The molecule has 0 saturated carbocycles. The summed E-state index contributed by atoms with van der Waals surface area (Å²) >= 11 is 0. The Morgan fingerprint density at radius 2 is 2.12 bits per heavy atom. The van der Waals surface area contributed by atoms with Crippen molar-refractivity contribution < 1.29 is 4.79 Å². The number of aromatic nitrogens is 3. The Bertz CT molecular complexity index is 476. The summed E-state index contributed by atoms with van der Waals surface area (Å²) in [5, 5.41) is 6.86. The molecule has 1 aromatic heterocycles. The molecule has 0 unspecified atom stereocenters. The van der Waals surface area contributed by atoms with Crippen LogP contribution in [0.5, 0.6) is 0 Å². The van der Waals surface area contributed by atoms with Gasteiger partial charge in [-0.15, -0.1) is 0 Å². The number of rotatable bonds is 4. The number of anilines is 1. The molecule has 0 bridgehead atoms. The van der Waals surface area contributed by atoms with Crippen molar-refractivity contribution in [2.24, 2.45) is 0 Å². The maximum atomic E-state index is 11.4. The van der Waals surface area contributed by atoms with Crippen LogP contribution in [0.1, 0.15) is 19.8 Å². The molecule has 0 aliphatic heterocycles. The summed E-state index contributed by atoms with van der Waals surface area (Å²) in [5.41, 5.74) is 1.71. The van der Waals surface area contributed by atoms with E-state index in [-0.39, 0.29) is 5.91 Å². The van der Waals surface area contributed by atoms with E-state index >= 15 is 0 Å². The average molecular weight is 230 g/mol. The average Bonchev–Trinajstić information content (AvgIpc) is 2.84. The van der Waals surface area contributed by atoms with Gasteiger partial charge in [0.1, 0.15) is 12.7 Å². The van der Waals surface area contributed by atoms with Crippen molar-refractivity contribution in [1.29, 1.82) is 0 Å². The number of hydrogen-bond donors (Lipinski definition) is 1. The van der Waals surface area contributed by atoms with E-state index in [0.717, 1.165) is 17.8 Å². The van der Waals surface area contributed by atoms with Gasteiger partial charge in [0.25, 0.3) is 0 Å². The Morgan fingerprint density at radius 3 is 2.71 bits per heavy atom. The predicted octanol–water partition coefficient (Wildman–Crippen LogP) is 2.01. The van der Waals surface area contributed by atoms with Gasteiger partial charge in [-0.1, -0.05) is 6.92 Å². The van der Waals surface area contributed by atoms with Gasteiger partial charge in [-0.2, -0.15) is 5.10 Å². The Balaban J connectivity index is 2.06. The number of amides is 1. The van der Waals surface area contributed by atoms with E-state index in [1.54, 1.807) is 11.0 Å². The van der Waals surface area contributed by atoms with Crippen LogP contribution in [-0.2, 0) is 4.79 Å². The van der Waals surface area contributed by atoms with Gasteiger partial charge in [0.2, 0.25) is 5.91 Å². The molecule has 0 spiro atoms. The first kappa shape index (κ1) is 11.3. The van der Waals surface area contributed by atoms with E-state index in [1.165, 1.54) is 6.33 Å². The lowest BCUT2D eigenvalue weighted by Gasteiger charge is -2.05. The molecule has 0 atom stereocenters. The minimum absolute atomic E-state index is 0.0426. The summed E-state index contributed by atoms with van der Waals surface area (Å²) in [7, 11) is 0. The molecule has 1 aromatic carbocycles. The normalized spacial score (nSPS) is 10.2. The van der Waals surface area contributed by atoms with Gasteiger partial charge in [0.15, 0.2) is 0 Å². The first-order chi connectivity index (χ1) is 8.29. The fraction of sp³-hybridized carbons (Fsp3) is 0.250. The fourth-order valence-corrected chi connectivity index (χ4v) is 1.49. The molecule has 0 radical (unpaired) electrons. The third-order valence-electron chi connectivity index (χ3n) is 2.31. The third kappa shape index (κ3) is 2.90. The summed E-state index contributed by atoms with van der Waals surface area (Å²) in [6, 6.07) is 7.47. The first-order valence-electron chi connectivity index (χ1n) is 5.54. The van der Waals surface area contributed by atoms with Crippen molar-refractivity contribution in [3.05, 3.63) is 36.9 Å². The van der Waals surface area contributed by atoms with Crippen LogP contribution in [0.2, 0.25) is 0 Å². The van der Waals surface area contributed by atoms with Crippen molar-refractivity contribution in [3.8, 4) is 5.69 Å². The second-order valence-corrected chi connectivity index (χ2v) is 3.69. The van der Waals surface area contributed by atoms with Gasteiger partial charge in [-0.25, -0.2) is 9.67 Å². The minimum Gasteiger partial charge on any atom is -0.326 e. The van der Waals surface area contributed by atoms with Crippen LogP contribution >= 0.6 is 0 Å². The molecular weight excluding hydrogens is 216 g/mol. The van der Waals surface area contributed by atoms with Gasteiger partial charge < -0.3 is 5.32 Å². The molecule has 1 N–H and O–H groups in total. The molecule has 88 valence electrons. The molecule has 0 aliphatic rings. The highest BCUT2D eigenvalue weighted by molar-refractivity contribution is 5.90. The predicted molar refractivity (Wildman–Crippen MR) is 64.9 cm³/mol. The molecule has 1 heterocycles. The standard InChI is InChI=1S/C12H14N4O/c1-2-3-12(17)15-10-4-6-11(7-5-10)16-9-13-8-14-16/h4-9H,2-3H2,1H3,(H,15,17). The molecule has 5 nitrogen and oxygen atoms in total.